The molecule has 0 aliphatic carbocycles. The molecule has 2 rings (SSSR count). The smallest absolute Gasteiger partial charge is 0.310 e. The van der Waals surface area contributed by atoms with E-state index in [4.69, 9.17) is 4.74 Å². The minimum absolute atomic E-state index is 0.0713. The maximum Gasteiger partial charge on any atom is 0.310 e. The maximum atomic E-state index is 12.5. The molecule has 0 bridgehead atoms. The van der Waals surface area contributed by atoms with Gasteiger partial charge in [-0.2, -0.15) is 5.10 Å². The van der Waals surface area contributed by atoms with Crippen LogP contribution >= 0.6 is 0 Å². The number of aromatic nitrogens is 2. The number of nitrogens with zero attached hydrogens (tertiary/aromatic N) is 3. The Hall–Kier alpha value is -1.85. The molecule has 0 N–H and O–H groups in total. The van der Waals surface area contributed by atoms with Crippen molar-refractivity contribution in [2.75, 3.05) is 20.2 Å². The molecule has 2 heterocycles. The van der Waals surface area contributed by atoms with Crippen molar-refractivity contribution in [3.8, 4) is 0 Å². The third-order valence-electron chi connectivity index (χ3n) is 3.92. The zero-order valence-electron chi connectivity index (χ0n) is 12.4. The fourth-order valence-electron chi connectivity index (χ4n) is 2.65. The lowest BCUT2D eigenvalue weighted by molar-refractivity contribution is -0.146. The Labute approximate surface area is 118 Å². The minimum atomic E-state index is -0.243. The number of ether oxygens (including phenoxy) is 1. The van der Waals surface area contributed by atoms with E-state index in [1.807, 2.05) is 19.9 Å². The molecule has 1 fully saturated rings. The van der Waals surface area contributed by atoms with Gasteiger partial charge in [0.15, 0.2) is 0 Å². The highest BCUT2D eigenvalue weighted by molar-refractivity contribution is 5.93. The summed E-state index contributed by atoms with van der Waals surface area (Å²) in [6.07, 6.45) is 0.794. The van der Waals surface area contributed by atoms with Crippen molar-refractivity contribution in [2.45, 2.75) is 20.3 Å². The van der Waals surface area contributed by atoms with Crippen LogP contribution in [0.4, 0.5) is 0 Å². The summed E-state index contributed by atoms with van der Waals surface area (Å²) in [4.78, 5) is 25.9. The number of hydrogen-bond acceptors (Lipinski definition) is 4. The minimum Gasteiger partial charge on any atom is -0.469 e. The van der Waals surface area contributed by atoms with E-state index >= 15 is 0 Å². The van der Waals surface area contributed by atoms with Gasteiger partial charge in [-0.3, -0.25) is 14.3 Å². The SMILES string of the molecule is CCc1cc(C(=O)N2CC(C)C(C(=O)OC)C2)n(C)n1. The number of esters is 1. The summed E-state index contributed by atoms with van der Waals surface area (Å²) in [6.45, 7) is 4.96. The predicted octanol–water partition coefficient (Wildman–Crippen LogP) is 0.864. The number of hydrogen-bond donors (Lipinski definition) is 0. The first-order valence-corrected chi connectivity index (χ1v) is 6.87. The Kier molecular flexibility index (Phi) is 4.11. The molecule has 20 heavy (non-hydrogen) atoms. The highest BCUT2D eigenvalue weighted by atomic mass is 16.5. The number of amides is 1. The van der Waals surface area contributed by atoms with Crippen molar-refractivity contribution in [2.24, 2.45) is 18.9 Å². The summed E-state index contributed by atoms with van der Waals surface area (Å²) in [7, 11) is 3.15. The second-order valence-electron chi connectivity index (χ2n) is 5.32. The van der Waals surface area contributed by atoms with Gasteiger partial charge in [-0.15, -0.1) is 0 Å². The van der Waals surface area contributed by atoms with Crippen molar-refractivity contribution >= 4 is 11.9 Å². The van der Waals surface area contributed by atoms with Crippen molar-refractivity contribution in [3.05, 3.63) is 17.5 Å². The first-order chi connectivity index (χ1) is 9.47. The fraction of sp³-hybridized carbons (Fsp3) is 0.643. The molecule has 1 aliphatic heterocycles. The highest BCUT2D eigenvalue weighted by Gasteiger charge is 2.38. The molecule has 6 nitrogen and oxygen atoms in total. The summed E-state index contributed by atoms with van der Waals surface area (Å²) in [5.41, 5.74) is 1.46. The molecule has 1 aliphatic rings. The van der Waals surface area contributed by atoms with Crippen LogP contribution in [0.25, 0.3) is 0 Å². The maximum absolute atomic E-state index is 12.5. The van der Waals surface area contributed by atoms with Crippen molar-refractivity contribution in [1.82, 2.24) is 14.7 Å². The van der Waals surface area contributed by atoms with E-state index in [1.54, 1.807) is 16.6 Å². The molecule has 1 aromatic rings. The molecular weight excluding hydrogens is 258 g/mol. The molecule has 0 spiro atoms. The first-order valence-electron chi connectivity index (χ1n) is 6.87. The van der Waals surface area contributed by atoms with Crippen LogP contribution in [0.5, 0.6) is 0 Å². The molecule has 2 atom stereocenters. The van der Waals surface area contributed by atoms with Crippen LogP contribution in [0.3, 0.4) is 0 Å². The average molecular weight is 279 g/mol. The molecular formula is C14H21N3O3. The van der Waals surface area contributed by atoms with Gasteiger partial charge in [0.05, 0.1) is 18.7 Å². The van der Waals surface area contributed by atoms with E-state index in [-0.39, 0.29) is 23.7 Å². The third-order valence-corrected chi connectivity index (χ3v) is 3.92. The quantitative estimate of drug-likeness (QED) is 0.770. The lowest BCUT2D eigenvalue weighted by atomic mass is 9.99. The van der Waals surface area contributed by atoms with E-state index in [2.05, 4.69) is 5.10 Å². The largest absolute Gasteiger partial charge is 0.469 e. The van der Waals surface area contributed by atoms with Crippen LogP contribution in [-0.4, -0.2) is 46.8 Å². The summed E-state index contributed by atoms with van der Waals surface area (Å²) in [6, 6.07) is 1.82. The van der Waals surface area contributed by atoms with E-state index in [9.17, 15) is 9.59 Å². The molecule has 1 saturated heterocycles. The van der Waals surface area contributed by atoms with Gasteiger partial charge in [-0.25, -0.2) is 0 Å². The number of rotatable bonds is 3. The Morgan fingerprint density at radius 2 is 2.15 bits per heavy atom. The van der Waals surface area contributed by atoms with Gasteiger partial charge in [-0.1, -0.05) is 13.8 Å². The average Bonchev–Trinajstić information content (AvgIpc) is 3.00. The predicted molar refractivity (Wildman–Crippen MR) is 73.2 cm³/mol. The second kappa shape index (κ2) is 5.64. The lowest BCUT2D eigenvalue weighted by Crippen LogP contribution is -2.31. The summed E-state index contributed by atoms with van der Waals surface area (Å²) < 4.78 is 6.40. The zero-order chi connectivity index (χ0) is 14.9. The van der Waals surface area contributed by atoms with Crippen LogP contribution in [0.1, 0.15) is 30.0 Å². The monoisotopic (exact) mass is 279 g/mol. The van der Waals surface area contributed by atoms with Crippen LogP contribution in [0.2, 0.25) is 0 Å². The summed E-state index contributed by atoms with van der Waals surface area (Å²) in [5, 5.41) is 4.29. The molecule has 0 saturated carbocycles. The number of methoxy groups -OCH3 is 1. The van der Waals surface area contributed by atoms with Crippen LogP contribution in [0.15, 0.2) is 6.07 Å². The second-order valence-corrected chi connectivity index (χ2v) is 5.32. The Balaban J connectivity index is 2.14. The van der Waals surface area contributed by atoms with Crippen molar-refractivity contribution < 1.29 is 14.3 Å². The molecule has 110 valence electrons. The fourth-order valence-corrected chi connectivity index (χ4v) is 2.65. The lowest BCUT2D eigenvalue weighted by Gasteiger charge is -2.15. The Bertz CT molecular complexity index is 524. The van der Waals surface area contributed by atoms with Crippen LogP contribution in [0, 0.1) is 11.8 Å². The molecule has 0 radical (unpaired) electrons. The van der Waals surface area contributed by atoms with Gasteiger partial charge in [0.1, 0.15) is 5.69 Å². The molecule has 6 heteroatoms. The van der Waals surface area contributed by atoms with Crippen molar-refractivity contribution in [1.29, 1.82) is 0 Å². The van der Waals surface area contributed by atoms with Crippen LogP contribution in [-0.2, 0) is 23.0 Å². The van der Waals surface area contributed by atoms with Crippen LogP contribution < -0.4 is 0 Å². The Morgan fingerprint density at radius 3 is 2.70 bits per heavy atom. The van der Waals surface area contributed by atoms with E-state index in [0.717, 1.165) is 12.1 Å². The van der Waals surface area contributed by atoms with Gasteiger partial charge in [0.25, 0.3) is 5.91 Å². The molecule has 0 aromatic carbocycles. The zero-order valence-corrected chi connectivity index (χ0v) is 12.4. The van der Waals surface area contributed by atoms with Gasteiger partial charge >= 0.3 is 5.97 Å². The highest BCUT2D eigenvalue weighted by Crippen LogP contribution is 2.25. The summed E-state index contributed by atoms with van der Waals surface area (Å²) >= 11 is 0. The van der Waals surface area contributed by atoms with Gasteiger partial charge in [0.2, 0.25) is 0 Å². The Morgan fingerprint density at radius 1 is 1.45 bits per heavy atom. The van der Waals surface area contributed by atoms with E-state index in [0.29, 0.717) is 18.8 Å². The standard InChI is InChI=1S/C14H21N3O3/c1-5-10-6-12(16(3)15-10)13(18)17-7-9(2)11(8-17)14(19)20-4/h6,9,11H,5,7-8H2,1-4H3. The van der Waals surface area contributed by atoms with Gasteiger partial charge in [0, 0.05) is 20.1 Å². The molecule has 1 amide bonds. The third kappa shape index (κ3) is 2.55. The molecule has 2 unspecified atom stereocenters. The number of likely N-dealkylation sites (tertiary alicyclic amines) is 1. The first kappa shape index (κ1) is 14.6. The van der Waals surface area contributed by atoms with Gasteiger partial charge < -0.3 is 9.64 Å². The van der Waals surface area contributed by atoms with Crippen molar-refractivity contribution in [3.63, 3.8) is 0 Å². The van der Waals surface area contributed by atoms with E-state index in [1.165, 1.54) is 7.11 Å². The van der Waals surface area contributed by atoms with E-state index < -0.39 is 0 Å². The number of carbonyl (C=O) groups excluding carboxylic acids is 2. The van der Waals surface area contributed by atoms with Gasteiger partial charge in [-0.05, 0) is 18.4 Å². The normalized spacial score (nSPS) is 22.1. The summed E-state index contributed by atoms with van der Waals surface area (Å²) in [5.74, 6) is -0.432. The molecule has 1 aromatic heterocycles. The topological polar surface area (TPSA) is 64.4 Å². The number of aryl methyl sites for hydroxylation is 2. The number of carbonyl (C=O) groups is 2.